The van der Waals surface area contributed by atoms with Crippen LogP contribution in [0.3, 0.4) is 0 Å². The molecule has 4 heterocycles. The lowest BCUT2D eigenvalue weighted by Crippen LogP contribution is -2.59. The van der Waals surface area contributed by atoms with Gasteiger partial charge in [-0.3, -0.25) is 0 Å². The first-order valence-corrected chi connectivity index (χ1v) is 6.35. The molecule has 0 saturated carbocycles. The number of quaternary nitrogens is 1. The number of unbranched alkanes of at least 4 members (excludes halogenated alkanes) is 1. The fraction of sp³-hybridized carbons (Fsp3) is 1.00. The Morgan fingerprint density at radius 1 is 1.33 bits per heavy atom. The summed E-state index contributed by atoms with van der Waals surface area (Å²) in [5, 5.41) is 10.2. The van der Waals surface area contributed by atoms with E-state index in [0.717, 1.165) is 10.9 Å². The number of rotatable bonds is 3. The predicted molar refractivity (Wildman–Crippen MR) is 57.4 cm³/mol. The molecule has 0 aromatic rings. The van der Waals surface area contributed by atoms with Crippen LogP contribution < -0.4 is 0 Å². The molecule has 0 aliphatic carbocycles. The molecule has 6 atom stereocenters. The Bertz CT molecular complexity index is 266. The maximum atomic E-state index is 10.2. The molecule has 4 bridgehead atoms. The molecule has 0 amide bonds. The van der Waals surface area contributed by atoms with Crippen LogP contribution in [0.25, 0.3) is 0 Å². The summed E-state index contributed by atoms with van der Waals surface area (Å²) in [6, 6.07) is 1.04. The van der Waals surface area contributed by atoms with Crippen LogP contribution >= 0.6 is 0 Å². The van der Waals surface area contributed by atoms with Crippen LogP contribution in [-0.4, -0.2) is 53.6 Å². The highest BCUT2D eigenvalue weighted by molar-refractivity contribution is 5.04. The third-order valence-corrected chi connectivity index (χ3v) is 4.98. The topological polar surface area (TPSA) is 29.5 Å². The molecule has 1 N–H and O–H groups in total. The summed E-state index contributed by atoms with van der Waals surface area (Å²) in [5.74, 6) is 0. The predicted octanol–water partition coefficient (Wildman–Crippen LogP) is 0.906. The van der Waals surface area contributed by atoms with Crippen LogP contribution in [0, 0.1) is 0 Å². The highest BCUT2D eigenvalue weighted by Gasteiger charge is 2.67. The second-order valence-electron chi connectivity index (χ2n) is 5.74. The fourth-order valence-corrected chi connectivity index (χ4v) is 4.10. The summed E-state index contributed by atoms with van der Waals surface area (Å²) in [6.45, 7) is 3.46. The Hall–Kier alpha value is -0.120. The van der Waals surface area contributed by atoms with Crippen LogP contribution in [0.15, 0.2) is 0 Å². The van der Waals surface area contributed by atoms with Crippen LogP contribution in [0.5, 0.6) is 0 Å². The zero-order valence-corrected chi connectivity index (χ0v) is 9.72. The van der Waals surface area contributed by atoms with Crippen molar-refractivity contribution in [2.24, 2.45) is 0 Å². The Kier molecular flexibility index (Phi) is 2.14. The summed E-state index contributed by atoms with van der Waals surface area (Å²) in [5.41, 5.74) is 0. The van der Waals surface area contributed by atoms with Crippen molar-refractivity contribution in [1.29, 1.82) is 0 Å². The van der Waals surface area contributed by atoms with Crippen LogP contribution in [0.4, 0.5) is 0 Å². The monoisotopic (exact) mass is 212 g/mol. The van der Waals surface area contributed by atoms with Gasteiger partial charge in [0.05, 0.1) is 19.7 Å². The SMILES string of the molecule is CCCC[N+]1(C)C2CC3CC1C(O3)C2O. The number of nitrogens with zero attached hydrogens (tertiary/aromatic N) is 1. The summed E-state index contributed by atoms with van der Waals surface area (Å²) >= 11 is 0. The quantitative estimate of drug-likeness (QED) is 0.705. The lowest BCUT2D eigenvalue weighted by atomic mass is 9.96. The lowest BCUT2D eigenvalue weighted by Gasteiger charge is -2.44. The highest BCUT2D eigenvalue weighted by atomic mass is 16.5. The molecular weight excluding hydrogens is 190 g/mol. The maximum absolute atomic E-state index is 10.2. The first-order valence-electron chi connectivity index (χ1n) is 6.35. The molecule has 3 nitrogen and oxygen atoms in total. The molecule has 86 valence electrons. The van der Waals surface area contributed by atoms with Crippen molar-refractivity contribution in [2.45, 2.75) is 63.0 Å². The van der Waals surface area contributed by atoms with Gasteiger partial charge in [-0.15, -0.1) is 0 Å². The summed E-state index contributed by atoms with van der Waals surface area (Å²) in [6.07, 6.45) is 5.19. The number of hydrogen-bond acceptors (Lipinski definition) is 2. The van der Waals surface area contributed by atoms with Crippen LogP contribution in [-0.2, 0) is 4.74 Å². The van der Waals surface area contributed by atoms with Gasteiger partial charge in [-0.1, -0.05) is 13.3 Å². The van der Waals surface area contributed by atoms with Crippen LogP contribution in [0.2, 0.25) is 0 Å². The summed E-state index contributed by atoms with van der Waals surface area (Å²) in [7, 11) is 2.33. The number of hydrogen-bond donors (Lipinski definition) is 1. The molecule has 4 saturated heterocycles. The molecule has 4 rings (SSSR count). The smallest absolute Gasteiger partial charge is 0.141 e. The van der Waals surface area contributed by atoms with Crippen LogP contribution in [0.1, 0.15) is 32.6 Å². The molecule has 0 radical (unpaired) electrons. The van der Waals surface area contributed by atoms with Crippen molar-refractivity contribution >= 4 is 0 Å². The second-order valence-corrected chi connectivity index (χ2v) is 5.74. The molecule has 4 aliphatic heterocycles. The van der Waals surface area contributed by atoms with Crippen molar-refractivity contribution in [2.75, 3.05) is 13.6 Å². The number of likely N-dealkylation sites (N-methyl/N-ethyl adjacent to an activating group) is 1. The van der Waals surface area contributed by atoms with Gasteiger partial charge < -0.3 is 14.3 Å². The number of ether oxygens (including phenoxy) is 1. The van der Waals surface area contributed by atoms with E-state index in [4.69, 9.17) is 4.74 Å². The molecule has 0 aromatic heterocycles. The number of piperidine rings is 1. The van der Waals surface area contributed by atoms with E-state index in [-0.39, 0.29) is 12.2 Å². The third-order valence-electron chi connectivity index (χ3n) is 4.98. The largest absolute Gasteiger partial charge is 0.384 e. The average Bonchev–Trinajstić information content (AvgIpc) is 2.63. The van der Waals surface area contributed by atoms with Crippen molar-refractivity contribution in [3.05, 3.63) is 0 Å². The highest BCUT2D eigenvalue weighted by Crippen LogP contribution is 2.49. The minimum absolute atomic E-state index is 0.149. The first-order chi connectivity index (χ1) is 7.16. The number of aliphatic hydroxyl groups is 1. The van der Waals surface area contributed by atoms with Gasteiger partial charge >= 0.3 is 0 Å². The van der Waals surface area contributed by atoms with Crippen molar-refractivity contribution in [3.8, 4) is 0 Å². The van der Waals surface area contributed by atoms with Gasteiger partial charge in [0.25, 0.3) is 0 Å². The first kappa shape index (κ1) is 10.1. The summed E-state index contributed by atoms with van der Waals surface area (Å²) in [4.78, 5) is 0. The molecule has 15 heavy (non-hydrogen) atoms. The Morgan fingerprint density at radius 2 is 2.07 bits per heavy atom. The maximum Gasteiger partial charge on any atom is 0.141 e. The van der Waals surface area contributed by atoms with Gasteiger partial charge in [0.1, 0.15) is 24.3 Å². The van der Waals surface area contributed by atoms with E-state index in [9.17, 15) is 5.11 Å². The van der Waals surface area contributed by atoms with E-state index in [0.29, 0.717) is 18.2 Å². The average molecular weight is 212 g/mol. The molecule has 4 fully saturated rings. The second kappa shape index (κ2) is 3.19. The molecule has 4 aliphatic rings. The van der Waals surface area contributed by atoms with E-state index in [2.05, 4.69) is 14.0 Å². The molecule has 6 unspecified atom stereocenters. The van der Waals surface area contributed by atoms with Gasteiger partial charge in [-0.2, -0.15) is 0 Å². The normalized spacial score (nSPS) is 56.6. The zero-order chi connectivity index (χ0) is 10.6. The minimum Gasteiger partial charge on any atom is -0.384 e. The molecule has 0 aromatic carbocycles. The molecule has 3 heteroatoms. The van der Waals surface area contributed by atoms with E-state index >= 15 is 0 Å². The van der Waals surface area contributed by atoms with Gasteiger partial charge in [-0.05, 0) is 6.42 Å². The molecule has 0 spiro atoms. The van der Waals surface area contributed by atoms with E-state index in [1.807, 2.05) is 0 Å². The van der Waals surface area contributed by atoms with Crippen molar-refractivity contribution < 1.29 is 14.3 Å². The number of aliphatic hydroxyl groups excluding tert-OH is 1. The lowest BCUT2D eigenvalue weighted by molar-refractivity contribution is -0.948. The van der Waals surface area contributed by atoms with Crippen molar-refractivity contribution in [1.82, 2.24) is 0 Å². The summed E-state index contributed by atoms with van der Waals surface area (Å²) < 4.78 is 6.95. The van der Waals surface area contributed by atoms with Gasteiger partial charge in [0, 0.05) is 12.8 Å². The Labute approximate surface area is 91.6 Å². The van der Waals surface area contributed by atoms with Gasteiger partial charge in [-0.25, -0.2) is 0 Å². The minimum atomic E-state index is -0.199. The van der Waals surface area contributed by atoms with Crippen molar-refractivity contribution in [3.63, 3.8) is 0 Å². The van der Waals surface area contributed by atoms with Gasteiger partial charge in [0.15, 0.2) is 0 Å². The fourth-order valence-electron chi connectivity index (χ4n) is 4.10. The zero-order valence-electron chi connectivity index (χ0n) is 9.72. The van der Waals surface area contributed by atoms with E-state index < -0.39 is 0 Å². The molecular formula is C12H22NO2+. The standard InChI is InChI=1S/C12H22NO2/c1-3-4-5-13(2)9-6-8-7-10(13)12(15-8)11(9)14/h8-12,14H,3-7H2,1-2H3/q+1. The third kappa shape index (κ3) is 1.17. The van der Waals surface area contributed by atoms with E-state index in [1.165, 1.54) is 25.8 Å². The van der Waals surface area contributed by atoms with Gasteiger partial charge in [0.2, 0.25) is 0 Å². The Balaban J connectivity index is 1.85. The van der Waals surface area contributed by atoms with E-state index in [1.54, 1.807) is 0 Å². The Morgan fingerprint density at radius 3 is 2.73 bits per heavy atom.